The van der Waals surface area contributed by atoms with E-state index >= 15 is 0 Å². The second-order valence-corrected chi connectivity index (χ2v) is 8.92. The Morgan fingerprint density at radius 3 is 2.50 bits per heavy atom. The summed E-state index contributed by atoms with van der Waals surface area (Å²) in [6.45, 7) is 0.248. The Morgan fingerprint density at radius 1 is 1.10 bits per heavy atom. The van der Waals surface area contributed by atoms with Gasteiger partial charge in [-0.3, -0.25) is 14.4 Å². The molecule has 1 aromatic carbocycles. The van der Waals surface area contributed by atoms with Crippen molar-refractivity contribution in [3.63, 3.8) is 0 Å². The standard InChI is InChI=1S/C24H32N2O4/c1-30-20(27)13-16-25-22(28)21-18-11-5-6-12-19(18)23(29)26(17-9-3-4-10-17)24(21)14-7-2-8-15-24/h5-6,11-12,17,21H,2-4,7-10,13-16H2,1H3,(H,25,28). The number of carbonyl (C=O) groups excluding carboxylic acids is 3. The van der Waals surface area contributed by atoms with Gasteiger partial charge in [-0.2, -0.15) is 0 Å². The molecule has 0 radical (unpaired) electrons. The first kappa shape index (κ1) is 20.9. The summed E-state index contributed by atoms with van der Waals surface area (Å²) in [5.74, 6) is -0.721. The van der Waals surface area contributed by atoms with Crippen molar-refractivity contribution in [2.75, 3.05) is 13.7 Å². The van der Waals surface area contributed by atoms with E-state index in [1.807, 2.05) is 24.3 Å². The molecule has 162 valence electrons. The lowest BCUT2D eigenvalue weighted by Crippen LogP contribution is -2.65. The third-order valence-corrected chi connectivity index (χ3v) is 7.27. The highest BCUT2D eigenvalue weighted by atomic mass is 16.5. The van der Waals surface area contributed by atoms with E-state index in [-0.39, 0.29) is 36.8 Å². The zero-order valence-electron chi connectivity index (χ0n) is 17.8. The summed E-state index contributed by atoms with van der Waals surface area (Å²) in [4.78, 5) is 40.9. The maximum Gasteiger partial charge on any atom is 0.307 e. The minimum atomic E-state index is -0.464. The first-order valence-electron chi connectivity index (χ1n) is 11.4. The van der Waals surface area contributed by atoms with Gasteiger partial charge in [0, 0.05) is 18.2 Å². The van der Waals surface area contributed by atoms with Gasteiger partial charge < -0.3 is 15.0 Å². The molecule has 0 aromatic heterocycles. The zero-order chi connectivity index (χ0) is 21.1. The van der Waals surface area contributed by atoms with Crippen molar-refractivity contribution in [1.29, 1.82) is 0 Å². The predicted molar refractivity (Wildman–Crippen MR) is 113 cm³/mol. The SMILES string of the molecule is COC(=O)CCNC(=O)C1c2ccccc2C(=O)N(C2CCCC2)C12CCCCC2. The third kappa shape index (κ3) is 3.61. The van der Waals surface area contributed by atoms with E-state index < -0.39 is 11.5 Å². The van der Waals surface area contributed by atoms with Gasteiger partial charge in [0.05, 0.1) is 25.0 Å². The summed E-state index contributed by atoms with van der Waals surface area (Å²) in [5, 5.41) is 2.98. The fraction of sp³-hybridized carbons (Fsp3) is 0.625. The number of ether oxygens (including phenoxy) is 1. The van der Waals surface area contributed by atoms with Crippen molar-refractivity contribution in [2.24, 2.45) is 0 Å². The Bertz CT molecular complexity index is 809. The van der Waals surface area contributed by atoms with Crippen LogP contribution >= 0.6 is 0 Å². The topological polar surface area (TPSA) is 75.7 Å². The number of hydrogen-bond acceptors (Lipinski definition) is 4. The number of nitrogens with zero attached hydrogens (tertiary/aromatic N) is 1. The van der Waals surface area contributed by atoms with E-state index in [1.54, 1.807) is 0 Å². The molecule has 0 bridgehead atoms. The van der Waals surface area contributed by atoms with Crippen molar-refractivity contribution in [3.8, 4) is 0 Å². The van der Waals surface area contributed by atoms with Crippen LogP contribution in [0.4, 0.5) is 0 Å². The molecule has 2 saturated carbocycles. The molecule has 1 N–H and O–H groups in total. The fourth-order valence-corrected chi connectivity index (χ4v) is 5.97. The van der Waals surface area contributed by atoms with Gasteiger partial charge in [0.2, 0.25) is 5.91 Å². The fourth-order valence-electron chi connectivity index (χ4n) is 5.97. The number of esters is 1. The third-order valence-electron chi connectivity index (χ3n) is 7.27. The van der Waals surface area contributed by atoms with Crippen molar-refractivity contribution in [3.05, 3.63) is 35.4 Å². The predicted octanol–water partition coefficient (Wildman–Crippen LogP) is 3.55. The van der Waals surface area contributed by atoms with Crippen molar-refractivity contribution >= 4 is 17.8 Å². The maximum atomic E-state index is 13.7. The Labute approximate surface area is 178 Å². The van der Waals surface area contributed by atoms with Gasteiger partial charge in [-0.25, -0.2) is 0 Å². The van der Waals surface area contributed by atoms with E-state index in [9.17, 15) is 14.4 Å². The molecule has 30 heavy (non-hydrogen) atoms. The largest absolute Gasteiger partial charge is 0.469 e. The molecule has 1 unspecified atom stereocenters. The van der Waals surface area contributed by atoms with Crippen LogP contribution < -0.4 is 5.32 Å². The monoisotopic (exact) mass is 412 g/mol. The van der Waals surface area contributed by atoms with E-state index in [4.69, 9.17) is 4.74 Å². The van der Waals surface area contributed by atoms with E-state index in [0.29, 0.717) is 5.56 Å². The number of rotatable bonds is 5. The lowest BCUT2D eigenvalue weighted by Gasteiger charge is -2.56. The normalized spacial score (nSPS) is 23.3. The summed E-state index contributed by atoms with van der Waals surface area (Å²) in [7, 11) is 1.35. The molecule has 2 aliphatic carbocycles. The van der Waals surface area contributed by atoms with Gasteiger partial charge in [0.1, 0.15) is 0 Å². The second-order valence-electron chi connectivity index (χ2n) is 8.92. The van der Waals surface area contributed by atoms with E-state index in [1.165, 1.54) is 7.11 Å². The second kappa shape index (κ2) is 8.78. The lowest BCUT2D eigenvalue weighted by molar-refractivity contribution is -0.140. The minimum absolute atomic E-state index is 0.0799. The molecular weight excluding hydrogens is 380 g/mol. The van der Waals surface area contributed by atoms with Crippen molar-refractivity contribution in [2.45, 2.75) is 81.7 Å². The number of carbonyl (C=O) groups is 3. The van der Waals surface area contributed by atoms with E-state index in [2.05, 4.69) is 10.2 Å². The lowest BCUT2D eigenvalue weighted by atomic mass is 9.64. The minimum Gasteiger partial charge on any atom is -0.469 e. The van der Waals surface area contributed by atoms with Gasteiger partial charge >= 0.3 is 5.97 Å². The highest BCUT2D eigenvalue weighted by Crippen LogP contribution is 2.51. The van der Waals surface area contributed by atoms with Gasteiger partial charge in [-0.1, -0.05) is 50.3 Å². The van der Waals surface area contributed by atoms with Gasteiger partial charge in [-0.15, -0.1) is 0 Å². The van der Waals surface area contributed by atoms with Crippen LogP contribution in [0.3, 0.4) is 0 Å². The highest BCUT2D eigenvalue weighted by molar-refractivity contribution is 6.02. The van der Waals surface area contributed by atoms with E-state index in [0.717, 1.165) is 63.4 Å². The summed E-state index contributed by atoms with van der Waals surface area (Å²) in [6.07, 6.45) is 9.40. The average Bonchev–Trinajstić information content (AvgIpc) is 3.28. The maximum absolute atomic E-state index is 13.7. The summed E-state index contributed by atoms with van der Waals surface area (Å²) < 4.78 is 4.70. The van der Waals surface area contributed by atoms with Crippen LogP contribution in [0.25, 0.3) is 0 Å². The molecule has 2 amide bonds. The quantitative estimate of drug-likeness (QED) is 0.751. The molecule has 6 heteroatoms. The highest BCUT2D eigenvalue weighted by Gasteiger charge is 2.56. The molecule has 1 heterocycles. The average molecular weight is 413 g/mol. The Balaban J connectivity index is 1.73. The van der Waals surface area contributed by atoms with Gasteiger partial charge in [0.25, 0.3) is 5.91 Å². The van der Waals surface area contributed by atoms with Crippen LogP contribution in [0.1, 0.15) is 86.0 Å². The number of methoxy groups -OCH3 is 1. The van der Waals surface area contributed by atoms with Crippen molar-refractivity contribution < 1.29 is 19.1 Å². The summed E-state index contributed by atoms with van der Waals surface area (Å²) in [6, 6.07) is 7.83. The molecule has 3 aliphatic rings. The van der Waals surface area contributed by atoms with Crippen LogP contribution in [0.2, 0.25) is 0 Å². The number of hydrogen-bond donors (Lipinski definition) is 1. The smallest absolute Gasteiger partial charge is 0.307 e. The summed E-state index contributed by atoms with van der Waals surface area (Å²) >= 11 is 0. The molecule has 2 fully saturated rings. The number of benzene rings is 1. The number of amides is 2. The molecule has 6 nitrogen and oxygen atoms in total. The number of fused-ring (bicyclic) bond motifs is 1. The Hall–Kier alpha value is -2.37. The van der Waals surface area contributed by atoms with Gasteiger partial charge in [0.15, 0.2) is 0 Å². The molecule has 1 aliphatic heterocycles. The van der Waals surface area contributed by atoms with Crippen molar-refractivity contribution in [1.82, 2.24) is 10.2 Å². The molecule has 1 aromatic rings. The van der Waals surface area contributed by atoms with Crippen LogP contribution in [0.15, 0.2) is 24.3 Å². The molecule has 4 rings (SSSR count). The zero-order valence-corrected chi connectivity index (χ0v) is 17.8. The molecular formula is C24H32N2O4. The first-order valence-corrected chi connectivity index (χ1v) is 11.4. The van der Waals surface area contributed by atoms with Crippen LogP contribution in [0.5, 0.6) is 0 Å². The Morgan fingerprint density at radius 2 is 1.80 bits per heavy atom. The molecule has 1 spiro atoms. The molecule has 1 atom stereocenters. The first-order chi connectivity index (χ1) is 14.6. The van der Waals surface area contributed by atoms with Crippen LogP contribution in [0, 0.1) is 0 Å². The van der Waals surface area contributed by atoms with Gasteiger partial charge in [-0.05, 0) is 37.3 Å². The van der Waals surface area contributed by atoms with Crippen LogP contribution in [-0.4, -0.2) is 47.9 Å². The molecule has 0 saturated heterocycles. The van der Waals surface area contributed by atoms with Crippen LogP contribution in [-0.2, 0) is 14.3 Å². The number of nitrogens with one attached hydrogen (secondary N) is 1. The Kier molecular flexibility index (Phi) is 6.11. The summed E-state index contributed by atoms with van der Waals surface area (Å²) in [5.41, 5.74) is 1.04.